The molecular formula is C21H22ClF2N5O. The van der Waals surface area contributed by atoms with Gasteiger partial charge in [0.05, 0.1) is 23.8 Å². The monoisotopic (exact) mass is 433 g/mol. The maximum absolute atomic E-state index is 15.1. The molecule has 1 aromatic carbocycles. The number of aromatic nitrogens is 2. The van der Waals surface area contributed by atoms with E-state index in [4.69, 9.17) is 11.6 Å². The van der Waals surface area contributed by atoms with Crippen LogP contribution in [0.4, 0.5) is 14.5 Å². The van der Waals surface area contributed by atoms with E-state index in [-0.39, 0.29) is 24.4 Å². The fourth-order valence-electron chi connectivity index (χ4n) is 3.82. The lowest BCUT2D eigenvalue weighted by Gasteiger charge is -2.39. The molecule has 2 aromatic heterocycles. The van der Waals surface area contributed by atoms with Crippen LogP contribution in [0.25, 0.3) is 11.0 Å². The molecule has 1 atom stereocenters. The number of likely N-dealkylation sites (tertiary alicyclic amines) is 1. The van der Waals surface area contributed by atoms with Gasteiger partial charge < -0.3 is 15.6 Å². The van der Waals surface area contributed by atoms with Gasteiger partial charge in [0.1, 0.15) is 5.65 Å². The summed E-state index contributed by atoms with van der Waals surface area (Å²) >= 11 is 5.90. The standard InChI is InChI=1S/C21H22ClF2N5O/c1-25-20(30)16-10-27-19-15(6-8-26-19)18(16)28-17-7-9-29(12-21(17,23)24)11-13-2-4-14(22)5-3-13/h2-6,8,10,17H,7,9,11-12H2,1H3,(H,25,30)(H2,26,27,28). The van der Waals surface area contributed by atoms with Crippen LogP contribution in [0.1, 0.15) is 22.3 Å². The molecule has 1 aliphatic rings. The van der Waals surface area contributed by atoms with Crippen molar-refractivity contribution in [3.8, 4) is 0 Å². The normalized spacial score (nSPS) is 19.0. The first-order valence-corrected chi connectivity index (χ1v) is 10.0. The lowest BCUT2D eigenvalue weighted by molar-refractivity contribution is -0.0758. The number of carbonyl (C=O) groups excluding carboxylic acids is 1. The minimum atomic E-state index is -2.98. The van der Waals surface area contributed by atoms with Crippen molar-refractivity contribution < 1.29 is 13.6 Å². The molecular weight excluding hydrogens is 412 g/mol. The summed E-state index contributed by atoms with van der Waals surface area (Å²) < 4.78 is 30.1. The van der Waals surface area contributed by atoms with Gasteiger partial charge in [-0.2, -0.15) is 0 Å². The lowest BCUT2D eigenvalue weighted by Crippen LogP contribution is -2.54. The van der Waals surface area contributed by atoms with Gasteiger partial charge in [0.2, 0.25) is 0 Å². The maximum Gasteiger partial charge on any atom is 0.280 e. The molecule has 0 bridgehead atoms. The number of H-pyrrole nitrogens is 1. The summed E-state index contributed by atoms with van der Waals surface area (Å²) in [5.74, 6) is -3.35. The molecule has 0 saturated carbocycles. The fourth-order valence-corrected chi connectivity index (χ4v) is 3.94. The Hall–Kier alpha value is -2.71. The van der Waals surface area contributed by atoms with Crippen molar-refractivity contribution in [1.82, 2.24) is 20.2 Å². The number of piperidine rings is 1. The van der Waals surface area contributed by atoms with Gasteiger partial charge in [-0.25, -0.2) is 13.8 Å². The number of alkyl halides is 2. The van der Waals surface area contributed by atoms with E-state index < -0.39 is 12.0 Å². The van der Waals surface area contributed by atoms with Gasteiger partial charge in [0.15, 0.2) is 0 Å². The van der Waals surface area contributed by atoms with E-state index in [0.29, 0.717) is 34.8 Å². The summed E-state index contributed by atoms with van der Waals surface area (Å²) in [4.78, 5) is 21.2. The minimum absolute atomic E-state index is 0.238. The molecule has 1 saturated heterocycles. The predicted octanol–water partition coefficient (Wildman–Crippen LogP) is 3.90. The summed E-state index contributed by atoms with van der Waals surface area (Å²) in [6.07, 6.45) is 3.30. The summed E-state index contributed by atoms with van der Waals surface area (Å²) in [7, 11) is 1.50. The number of benzene rings is 1. The first-order valence-electron chi connectivity index (χ1n) is 9.66. The number of aromatic amines is 1. The van der Waals surface area contributed by atoms with Crippen LogP contribution in [0.5, 0.6) is 0 Å². The van der Waals surface area contributed by atoms with Gasteiger partial charge in [-0.1, -0.05) is 23.7 Å². The van der Waals surface area contributed by atoms with Crippen molar-refractivity contribution in [3.63, 3.8) is 0 Å². The van der Waals surface area contributed by atoms with E-state index in [1.165, 1.54) is 13.2 Å². The molecule has 3 aromatic rings. The maximum atomic E-state index is 15.1. The topological polar surface area (TPSA) is 73.0 Å². The average molecular weight is 434 g/mol. The zero-order valence-electron chi connectivity index (χ0n) is 16.4. The van der Waals surface area contributed by atoms with Crippen LogP contribution >= 0.6 is 11.6 Å². The number of rotatable bonds is 5. The molecule has 158 valence electrons. The third kappa shape index (κ3) is 4.11. The number of halogens is 3. The Morgan fingerprint density at radius 3 is 2.80 bits per heavy atom. The van der Waals surface area contributed by atoms with E-state index >= 15 is 8.78 Å². The van der Waals surface area contributed by atoms with Crippen LogP contribution in [0.3, 0.4) is 0 Å². The Bertz CT molecular complexity index is 1050. The number of nitrogens with one attached hydrogen (secondary N) is 3. The second-order valence-electron chi connectivity index (χ2n) is 7.45. The highest BCUT2D eigenvalue weighted by molar-refractivity contribution is 6.30. The summed E-state index contributed by atoms with van der Waals surface area (Å²) in [5, 5.41) is 6.73. The third-order valence-corrected chi connectivity index (χ3v) is 5.63. The van der Waals surface area contributed by atoms with E-state index in [1.807, 2.05) is 12.1 Å². The quantitative estimate of drug-likeness (QED) is 0.570. The van der Waals surface area contributed by atoms with Crippen LogP contribution in [0, 0.1) is 0 Å². The Morgan fingerprint density at radius 2 is 2.10 bits per heavy atom. The molecule has 0 radical (unpaired) electrons. The number of hydrogen-bond donors (Lipinski definition) is 3. The number of hydrogen-bond acceptors (Lipinski definition) is 4. The average Bonchev–Trinajstić information content (AvgIpc) is 3.20. The van der Waals surface area contributed by atoms with Gasteiger partial charge in [0, 0.05) is 42.9 Å². The summed E-state index contributed by atoms with van der Waals surface area (Å²) in [6, 6.07) is 7.85. The van der Waals surface area contributed by atoms with Crippen molar-refractivity contribution in [2.75, 3.05) is 25.5 Å². The number of amides is 1. The molecule has 1 amide bonds. The Labute approximate surface area is 177 Å². The SMILES string of the molecule is CNC(=O)c1cnc2[nH]ccc2c1NC1CCN(Cc2ccc(Cl)cc2)CC1(F)F. The highest BCUT2D eigenvalue weighted by atomic mass is 35.5. The summed E-state index contributed by atoms with van der Waals surface area (Å²) in [5.41, 5.74) is 2.08. The molecule has 1 unspecified atom stereocenters. The molecule has 1 fully saturated rings. The second kappa shape index (κ2) is 8.20. The molecule has 0 aliphatic carbocycles. The van der Waals surface area contributed by atoms with Crippen LogP contribution in [0.2, 0.25) is 5.02 Å². The van der Waals surface area contributed by atoms with Crippen molar-refractivity contribution in [2.24, 2.45) is 0 Å². The van der Waals surface area contributed by atoms with E-state index in [1.54, 1.807) is 29.3 Å². The van der Waals surface area contributed by atoms with Crippen LogP contribution in [-0.4, -0.2) is 52.9 Å². The number of pyridine rings is 1. The number of carbonyl (C=O) groups is 1. The second-order valence-corrected chi connectivity index (χ2v) is 7.89. The molecule has 30 heavy (non-hydrogen) atoms. The molecule has 1 aliphatic heterocycles. The molecule has 4 rings (SSSR count). The van der Waals surface area contributed by atoms with E-state index in [0.717, 1.165) is 5.56 Å². The highest BCUT2D eigenvalue weighted by Crippen LogP contribution is 2.34. The molecule has 3 N–H and O–H groups in total. The molecule has 6 nitrogen and oxygen atoms in total. The molecule has 9 heteroatoms. The van der Waals surface area contributed by atoms with Gasteiger partial charge in [-0.15, -0.1) is 0 Å². The zero-order valence-corrected chi connectivity index (χ0v) is 17.1. The molecule has 3 heterocycles. The van der Waals surface area contributed by atoms with Crippen molar-refractivity contribution in [2.45, 2.75) is 24.9 Å². The van der Waals surface area contributed by atoms with Crippen LogP contribution < -0.4 is 10.6 Å². The van der Waals surface area contributed by atoms with E-state index in [2.05, 4.69) is 20.6 Å². The Kier molecular flexibility index (Phi) is 5.62. The van der Waals surface area contributed by atoms with Crippen LogP contribution in [0.15, 0.2) is 42.7 Å². The smallest absolute Gasteiger partial charge is 0.280 e. The van der Waals surface area contributed by atoms with Crippen molar-refractivity contribution in [1.29, 1.82) is 0 Å². The van der Waals surface area contributed by atoms with Gasteiger partial charge in [-0.05, 0) is 30.2 Å². The lowest BCUT2D eigenvalue weighted by atomic mass is 9.98. The third-order valence-electron chi connectivity index (χ3n) is 5.37. The minimum Gasteiger partial charge on any atom is -0.375 e. The Balaban J connectivity index is 1.54. The molecule has 0 spiro atoms. The van der Waals surface area contributed by atoms with Gasteiger partial charge in [-0.3, -0.25) is 9.69 Å². The van der Waals surface area contributed by atoms with E-state index in [9.17, 15) is 4.79 Å². The predicted molar refractivity (Wildman–Crippen MR) is 113 cm³/mol. The van der Waals surface area contributed by atoms with Crippen molar-refractivity contribution >= 4 is 34.2 Å². The van der Waals surface area contributed by atoms with Gasteiger partial charge >= 0.3 is 0 Å². The first kappa shape index (κ1) is 20.6. The Morgan fingerprint density at radius 1 is 1.33 bits per heavy atom. The zero-order chi connectivity index (χ0) is 21.3. The first-order chi connectivity index (χ1) is 14.4. The van der Waals surface area contributed by atoms with Crippen molar-refractivity contribution in [3.05, 3.63) is 58.9 Å². The van der Waals surface area contributed by atoms with Gasteiger partial charge in [0.25, 0.3) is 11.8 Å². The fraction of sp³-hybridized carbons (Fsp3) is 0.333. The number of fused-ring (bicyclic) bond motifs is 1. The van der Waals surface area contributed by atoms with Crippen LogP contribution in [-0.2, 0) is 6.54 Å². The summed E-state index contributed by atoms with van der Waals surface area (Å²) in [6.45, 7) is 0.566. The highest BCUT2D eigenvalue weighted by Gasteiger charge is 2.45. The largest absolute Gasteiger partial charge is 0.375 e. The number of nitrogens with zero attached hydrogens (tertiary/aromatic N) is 2. The number of anilines is 1.